The standard InChI is InChI=1S/C13H19N3O/c1-15(2)13(17)12-5-7-16(10-12)9-11-4-3-6-14-8-11/h3-4,6,8,12H,5,7,9-10H2,1-2H3. The van der Waals surface area contributed by atoms with Crippen molar-refractivity contribution >= 4 is 5.91 Å². The molecule has 2 rings (SSSR count). The Morgan fingerprint density at radius 1 is 1.59 bits per heavy atom. The second-order valence-corrected chi connectivity index (χ2v) is 4.81. The first kappa shape index (κ1) is 12.0. The first-order chi connectivity index (χ1) is 8.16. The summed E-state index contributed by atoms with van der Waals surface area (Å²) in [6.45, 7) is 2.76. The fraction of sp³-hybridized carbons (Fsp3) is 0.538. The van der Waals surface area contributed by atoms with Crippen molar-refractivity contribution in [1.29, 1.82) is 0 Å². The average Bonchev–Trinajstić information content (AvgIpc) is 2.77. The molecule has 2 heterocycles. The van der Waals surface area contributed by atoms with Crippen LogP contribution < -0.4 is 0 Å². The molecule has 1 saturated heterocycles. The molecule has 92 valence electrons. The summed E-state index contributed by atoms with van der Waals surface area (Å²) in [6.07, 6.45) is 4.64. The molecule has 0 aliphatic carbocycles. The Labute approximate surface area is 102 Å². The lowest BCUT2D eigenvalue weighted by Gasteiger charge is -2.17. The molecule has 1 aliphatic heterocycles. The molecule has 1 aromatic heterocycles. The van der Waals surface area contributed by atoms with Gasteiger partial charge in [0.2, 0.25) is 5.91 Å². The normalized spacial score (nSPS) is 20.5. The van der Waals surface area contributed by atoms with Gasteiger partial charge in [0.05, 0.1) is 5.92 Å². The lowest BCUT2D eigenvalue weighted by molar-refractivity contribution is -0.132. The van der Waals surface area contributed by atoms with Crippen LogP contribution in [-0.4, -0.2) is 47.9 Å². The van der Waals surface area contributed by atoms with Crippen molar-refractivity contribution in [2.24, 2.45) is 5.92 Å². The number of likely N-dealkylation sites (tertiary alicyclic amines) is 1. The third-order valence-electron chi connectivity index (χ3n) is 3.19. The number of nitrogens with zero attached hydrogens (tertiary/aromatic N) is 3. The SMILES string of the molecule is CN(C)C(=O)C1CCN(Cc2cccnc2)C1. The molecule has 1 amide bonds. The zero-order valence-corrected chi connectivity index (χ0v) is 10.5. The van der Waals surface area contributed by atoms with E-state index in [9.17, 15) is 4.79 Å². The Morgan fingerprint density at radius 3 is 3.06 bits per heavy atom. The van der Waals surface area contributed by atoms with Crippen molar-refractivity contribution < 1.29 is 4.79 Å². The Hall–Kier alpha value is -1.42. The minimum atomic E-state index is 0.168. The Bertz CT molecular complexity index is 378. The highest BCUT2D eigenvalue weighted by molar-refractivity contribution is 5.78. The van der Waals surface area contributed by atoms with Crippen LogP contribution in [0.1, 0.15) is 12.0 Å². The number of aromatic nitrogens is 1. The van der Waals surface area contributed by atoms with Crippen LogP contribution in [0.2, 0.25) is 0 Å². The highest BCUT2D eigenvalue weighted by Gasteiger charge is 2.28. The zero-order valence-electron chi connectivity index (χ0n) is 10.5. The third-order valence-corrected chi connectivity index (χ3v) is 3.19. The fourth-order valence-electron chi connectivity index (χ4n) is 2.29. The molecule has 0 aromatic carbocycles. The minimum absolute atomic E-state index is 0.168. The maximum atomic E-state index is 11.8. The number of carbonyl (C=O) groups excluding carboxylic acids is 1. The van der Waals surface area contributed by atoms with E-state index in [0.717, 1.165) is 26.1 Å². The summed E-state index contributed by atoms with van der Waals surface area (Å²) in [5.41, 5.74) is 1.21. The molecule has 4 nitrogen and oxygen atoms in total. The quantitative estimate of drug-likeness (QED) is 0.781. The van der Waals surface area contributed by atoms with Crippen LogP contribution >= 0.6 is 0 Å². The molecular formula is C13H19N3O. The van der Waals surface area contributed by atoms with E-state index in [1.807, 2.05) is 26.4 Å². The van der Waals surface area contributed by atoms with Gasteiger partial charge >= 0.3 is 0 Å². The molecule has 17 heavy (non-hydrogen) atoms. The molecule has 0 N–H and O–H groups in total. The van der Waals surface area contributed by atoms with E-state index in [4.69, 9.17) is 0 Å². The topological polar surface area (TPSA) is 36.4 Å². The van der Waals surface area contributed by atoms with Gasteiger partial charge in [0.25, 0.3) is 0 Å². The summed E-state index contributed by atoms with van der Waals surface area (Å²) in [6, 6.07) is 4.03. The van der Waals surface area contributed by atoms with E-state index >= 15 is 0 Å². The average molecular weight is 233 g/mol. The number of carbonyl (C=O) groups is 1. The molecule has 0 saturated carbocycles. The minimum Gasteiger partial charge on any atom is -0.349 e. The highest BCUT2D eigenvalue weighted by atomic mass is 16.2. The molecule has 1 aromatic rings. The van der Waals surface area contributed by atoms with Gasteiger partial charge in [-0.3, -0.25) is 14.7 Å². The Kier molecular flexibility index (Phi) is 3.74. The molecule has 4 heteroatoms. The molecule has 0 bridgehead atoms. The van der Waals surface area contributed by atoms with Gasteiger partial charge in [-0.25, -0.2) is 0 Å². The smallest absolute Gasteiger partial charge is 0.226 e. The first-order valence-corrected chi connectivity index (χ1v) is 5.99. The lowest BCUT2D eigenvalue weighted by atomic mass is 10.1. The van der Waals surface area contributed by atoms with Crippen molar-refractivity contribution in [2.75, 3.05) is 27.2 Å². The summed E-state index contributed by atoms with van der Waals surface area (Å²) < 4.78 is 0. The molecular weight excluding hydrogens is 214 g/mol. The van der Waals surface area contributed by atoms with Gasteiger partial charge in [-0.15, -0.1) is 0 Å². The fourth-order valence-corrected chi connectivity index (χ4v) is 2.29. The number of hydrogen-bond acceptors (Lipinski definition) is 3. The van der Waals surface area contributed by atoms with Gasteiger partial charge < -0.3 is 4.90 Å². The Balaban J connectivity index is 1.88. The summed E-state index contributed by atoms with van der Waals surface area (Å²) in [7, 11) is 3.65. The van der Waals surface area contributed by atoms with Crippen molar-refractivity contribution in [1.82, 2.24) is 14.8 Å². The van der Waals surface area contributed by atoms with Crippen LogP contribution in [-0.2, 0) is 11.3 Å². The summed E-state index contributed by atoms with van der Waals surface area (Å²) in [4.78, 5) is 20.0. The van der Waals surface area contributed by atoms with E-state index in [2.05, 4.69) is 16.0 Å². The molecule has 0 radical (unpaired) electrons. The van der Waals surface area contributed by atoms with Crippen LogP contribution in [0, 0.1) is 5.92 Å². The van der Waals surface area contributed by atoms with Crippen LogP contribution in [0.15, 0.2) is 24.5 Å². The predicted molar refractivity (Wildman–Crippen MR) is 66.3 cm³/mol. The zero-order chi connectivity index (χ0) is 12.3. The number of pyridine rings is 1. The van der Waals surface area contributed by atoms with Crippen molar-refractivity contribution in [3.8, 4) is 0 Å². The van der Waals surface area contributed by atoms with Crippen LogP contribution in [0.4, 0.5) is 0 Å². The largest absolute Gasteiger partial charge is 0.349 e. The van der Waals surface area contributed by atoms with E-state index < -0.39 is 0 Å². The van der Waals surface area contributed by atoms with Crippen molar-refractivity contribution in [2.45, 2.75) is 13.0 Å². The predicted octanol–water partition coefficient (Wildman–Crippen LogP) is 0.992. The van der Waals surface area contributed by atoms with Crippen LogP contribution in [0.3, 0.4) is 0 Å². The molecule has 1 unspecified atom stereocenters. The monoisotopic (exact) mass is 233 g/mol. The molecule has 1 atom stereocenters. The first-order valence-electron chi connectivity index (χ1n) is 5.99. The van der Waals surface area contributed by atoms with E-state index in [0.29, 0.717) is 0 Å². The van der Waals surface area contributed by atoms with E-state index in [1.54, 1.807) is 11.1 Å². The number of amides is 1. The second kappa shape index (κ2) is 5.27. The maximum Gasteiger partial charge on any atom is 0.226 e. The van der Waals surface area contributed by atoms with Gasteiger partial charge in [-0.2, -0.15) is 0 Å². The Morgan fingerprint density at radius 2 is 2.41 bits per heavy atom. The lowest BCUT2D eigenvalue weighted by Crippen LogP contribution is -2.31. The number of rotatable bonds is 3. The van der Waals surface area contributed by atoms with E-state index in [1.165, 1.54) is 5.56 Å². The van der Waals surface area contributed by atoms with Crippen molar-refractivity contribution in [3.05, 3.63) is 30.1 Å². The van der Waals surface area contributed by atoms with Gasteiger partial charge in [0.1, 0.15) is 0 Å². The summed E-state index contributed by atoms with van der Waals surface area (Å²) in [5.74, 6) is 0.417. The summed E-state index contributed by atoms with van der Waals surface area (Å²) in [5, 5.41) is 0. The van der Waals surface area contributed by atoms with Crippen LogP contribution in [0.5, 0.6) is 0 Å². The second-order valence-electron chi connectivity index (χ2n) is 4.81. The van der Waals surface area contributed by atoms with Gasteiger partial charge in [0, 0.05) is 39.6 Å². The van der Waals surface area contributed by atoms with Crippen molar-refractivity contribution in [3.63, 3.8) is 0 Å². The molecule has 0 spiro atoms. The maximum absolute atomic E-state index is 11.8. The highest BCUT2D eigenvalue weighted by Crippen LogP contribution is 2.19. The van der Waals surface area contributed by atoms with Gasteiger partial charge in [0.15, 0.2) is 0 Å². The van der Waals surface area contributed by atoms with E-state index in [-0.39, 0.29) is 11.8 Å². The third kappa shape index (κ3) is 3.03. The van der Waals surface area contributed by atoms with Crippen LogP contribution in [0.25, 0.3) is 0 Å². The summed E-state index contributed by atoms with van der Waals surface area (Å²) >= 11 is 0. The number of hydrogen-bond donors (Lipinski definition) is 0. The molecule has 1 aliphatic rings. The molecule has 1 fully saturated rings. The van der Waals surface area contributed by atoms with Gasteiger partial charge in [-0.1, -0.05) is 6.07 Å². The van der Waals surface area contributed by atoms with Gasteiger partial charge in [-0.05, 0) is 24.6 Å².